The second kappa shape index (κ2) is 16.0. The van der Waals surface area contributed by atoms with E-state index in [9.17, 15) is 0 Å². The van der Waals surface area contributed by atoms with Gasteiger partial charge in [-0.05, 0) is 127 Å². The molecule has 0 spiro atoms. The van der Waals surface area contributed by atoms with E-state index in [1.165, 1.54) is 108 Å². The summed E-state index contributed by atoms with van der Waals surface area (Å²) < 4.78 is 5.09. The number of thiophene rings is 1. The van der Waals surface area contributed by atoms with Crippen molar-refractivity contribution in [1.29, 1.82) is 0 Å². The van der Waals surface area contributed by atoms with Gasteiger partial charge in [0.05, 0.1) is 11.0 Å². The van der Waals surface area contributed by atoms with Gasteiger partial charge in [-0.15, -0.1) is 11.3 Å². The van der Waals surface area contributed by atoms with Gasteiger partial charge in [-0.2, -0.15) is 0 Å². The third-order valence-electron chi connectivity index (χ3n) is 14.2. The molecule has 0 radical (unpaired) electrons. The van der Waals surface area contributed by atoms with E-state index < -0.39 is 0 Å². The standard InChI is InChI=1S/C66H42N2S/c1-2-15-49(16-3-1)68-63-42-47(32-39-58(63)60-40-31-44-13-4-7-18-54(44)65(60)68)43-25-33-50(34-26-43)67(51-35-27-45(28-36-51)55-22-12-23-61-59-21-10-11-24-64(59)69-66(55)61)52-37-29-46(30-38-52)62-41-48-14-5-6-17-53(48)56-19-8-9-20-57(56)62/h1-42H. The SMILES string of the molecule is c1ccc(-n2c3cc(-c4ccc(N(c5ccc(-c6cc7ccccc7c7ccccc67)cc5)c5ccc(-c6cccc7c6sc6ccccc67)cc5)cc4)ccc3c3ccc4ccccc4c32)cc1. The summed E-state index contributed by atoms with van der Waals surface area (Å²) in [5, 5.41) is 12.7. The Kier molecular flexibility index (Phi) is 9.11. The van der Waals surface area contributed by atoms with E-state index >= 15 is 0 Å². The summed E-state index contributed by atoms with van der Waals surface area (Å²) in [4.78, 5) is 2.39. The number of fused-ring (bicyclic) bond motifs is 11. The molecule has 0 amide bonds. The Morgan fingerprint density at radius 1 is 0.304 bits per heavy atom. The number of benzene rings is 12. The first-order valence-corrected chi connectivity index (χ1v) is 24.5. The first kappa shape index (κ1) is 39.4. The van der Waals surface area contributed by atoms with E-state index in [1.807, 2.05) is 11.3 Å². The molecule has 69 heavy (non-hydrogen) atoms. The normalized spacial score (nSPS) is 11.8. The van der Waals surface area contributed by atoms with Crippen LogP contribution >= 0.6 is 11.3 Å². The van der Waals surface area contributed by atoms with E-state index in [4.69, 9.17) is 0 Å². The highest BCUT2D eigenvalue weighted by atomic mass is 32.1. The predicted molar refractivity (Wildman–Crippen MR) is 297 cm³/mol. The molecule has 0 N–H and O–H groups in total. The largest absolute Gasteiger partial charge is 0.311 e. The minimum Gasteiger partial charge on any atom is -0.311 e. The smallest absolute Gasteiger partial charge is 0.0619 e. The second-order valence-electron chi connectivity index (χ2n) is 18.0. The lowest BCUT2D eigenvalue weighted by atomic mass is 9.93. The van der Waals surface area contributed by atoms with Crippen molar-refractivity contribution >= 4 is 103 Å². The van der Waals surface area contributed by atoms with Crippen LogP contribution in [0, 0.1) is 0 Å². The second-order valence-corrected chi connectivity index (χ2v) is 19.1. The third kappa shape index (κ3) is 6.47. The summed E-state index contributed by atoms with van der Waals surface area (Å²) in [6.07, 6.45) is 0. The van der Waals surface area contributed by atoms with E-state index in [0.29, 0.717) is 0 Å². The van der Waals surface area contributed by atoms with Gasteiger partial charge in [0.1, 0.15) is 0 Å². The van der Waals surface area contributed by atoms with Gasteiger partial charge in [0, 0.05) is 59.1 Å². The Bertz CT molecular complexity index is 4280. The van der Waals surface area contributed by atoms with Gasteiger partial charge in [0.15, 0.2) is 0 Å². The zero-order valence-electron chi connectivity index (χ0n) is 37.6. The van der Waals surface area contributed by atoms with Gasteiger partial charge in [0.2, 0.25) is 0 Å². The molecule has 0 aliphatic carbocycles. The molecule has 0 bridgehead atoms. The molecular weight excluding hydrogens is 853 g/mol. The maximum Gasteiger partial charge on any atom is 0.0619 e. The monoisotopic (exact) mass is 894 g/mol. The highest BCUT2D eigenvalue weighted by Crippen LogP contribution is 2.44. The molecule has 2 heterocycles. The first-order chi connectivity index (χ1) is 34.2. The van der Waals surface area contributed by atoms with Crippen LogP contribution in [0.4, 0.5) is 17.1 Å². The summed E-state index contributed by atoms with van der Waals surface area (Å²) in [5.41, 5.74) is 14.1. The van der Waals surface area contributed by atoms with Gasteiger partial charge in [-0.1, -0.05) is 188 Å². The average molecular weight is 895 g/mol. The lowest BCUT2D eigenvalue weighted by molar-refractivity contribution is 1.19. The van der Waals surface area contributed by atoms with Crippen molar-refractivity contribution in [3.63, 3.8) is 0 Å². The van der Waals surface area contributed by atoms with Crippen molar-refractivity contribution in [3.8, 4) is 39.1 Å². The van der Waals surface area contributed by atoms with E-state index in [1.54, 1.807) is 0 Å². The first-order valence-electron chi connectivity index (χ1n) is 23.7. The van der Waals surface area contributed by atoms with Gasteiger partial charge >= 0.3 is 0 Å². The van der Waals surface area contributed by atoms with E-state index in [0.717, 1.165) is 22.7 Å². The van der Waals surface area contributed by atoms with E-state index in [2.05, 4.69) is 264 Å². The van der Waals surface area contributed by atoms with Crippen LogP contribution in [-0.2, 0) is 0 Å². The molecule has 14 rings (SSSR count). The van der Waals surface area contributed by atoms with Crippen molar-refractivity contribution < 1.29 is 0 Å². The summed E-state index contributed by atoms with van der Waals surface area (Å²) in [6.45, 7) is 0. The van der Waals surface area contributed by atoms with Gasteiger partial charge in [-0.25, -0.2) is 0 Å². The minimum absolute atomic E-state index is 1.09. The molecule has 12 aromatic carbocycles. The highest BCUT2D eigenvalue weighted by molar-refractivity contribution is 7.26. The average Bonchev–Trinajstić information content (AvgIpc) is 3.98. The van der Waals surface area contributed by atoms with Crippen LogP contribution in [0.5, 0.6) is 0 Å². The summed E-state index contributed by atoms with van der Waals surface area (Å²) in [5.74, 6) is 0. The lowest BCUT2D eigenvalue weighted by Crippen LogP contribution is -2.09. The highest BCUT2D eigenvalue weighted by Gasteiger charge is 2.19. The van der Waals surface area contributed by atoms with Crippen LogP contribution in [0.15, 0.2) is 255 Å². The maximum absolute atomic E-state index is 2.45. The van der Waals surface area contributed by atoms with Crippen molar-refractivity contribution in [2.45, 2.75) is 0 Å². The van der Waals surface area contributed by atoms with Gasteiger partial charge in [-0.3, -0.25) is 0 Å². The number of aromatic nitrogens is 1. The van der Waals surface area contributed by atoms with Crippen molar-refractivity contribution in [2.75, 3.05) is 4.90 Å². The van der Waals surface area contributed by atoms with Gasteiger partial charge in [0.25, 0.3) is 0 Å². The molecule has 14 aromatic rings. The maximum atomic E-state index is 2.45. The van der Waals surface area contributed by atoms with Crippen LogP contribution in [0.25, 0.3) is 113 Å². The van der Waals surface area contributed by atoms with Crippen LogP contribution in [-0.4, -0.2) is 4.57 Å². The van der Waals surface area contributed by atoms with Crippen LogP contribution in [0.2, 0.25) is 0 Å². The minimum atomic E-state index is 1.09. The van der Waals surface area contributed by atoms with Crippen molar-refractivity contribution in [3.05, 3.63) is 255 Å². The number of rotatable bonds is 7. The van der Waals surface area contributed by atoms with Crippen LogP contribution < -0.4 is 4.90 Å². The molecule has 0 aliphatic rings. The van der Waals surface area contributed by atoms with Crippen molar-refractivity contribution in [2.24, 2.45) is 0 Å². The molecule has 0 aliphatic heterocycles. The summed E-state index contributed by atoms with van der Waals surface area (Å²) >= 11 is 1.88. The summed E-state index contributed by atoms with van der Waals surface area (Å²) in [6, 6.07) is 93.7. The summed E-state index contributed by atoms with van der Waals surface area (Å²) in [7, 11) is 0. The molecule has 0 fully saturated rings. The number of hydrogen-bond acceptors (Lipinski definition) is 2. The number of para-hydroxylation sites is 1. The fourth-order valence-corrected chi connectivity index (χ4v) is 12.1. The Labute approximate surface area is 403 Å². The van der Waals surface area contributed by atoms with E-state index in [-0.39, 0.29) is 0 Å². The lowest BCUT2D eigenvalue weighted by Gasteiger charge is -2.26. The predicted octanol–water partition coefficient (Wildman–Crippen LogP) is 19.1. The molecule has 0 saturated carbocycles. The number of nitrogens with zero attached hydrogens (tertiary/aromatic N) is 2. The molecule has 0 saturated heterocycles. The zero-order chi connectivity index (χ0) is 45.4. The quantitative estimate of drug-likeness (QED) is 0.145. The topological polar surface area (TPSA) is 8.17 Å². The Balaban J connectivity index is 0.883. The van der Waals surface area contributed by atoms with Crippen LogP contribution in [0.3, 0.4) is 0 Å². The third-order valence-corrected chi connectivity index (χ3v) is 15.4. The molecule has 2 aromatic heterocycles. The molecule has 0 atom stereocenters. The molecule has 3 heteroatoms. The Hall–Kier alpha value is -8.76. The molecule has 0 unspecified atom stereocenters. The van der Waals surface area contributed by atoms with Crippen LogP contribution in [0.1, 0.15) is 0 Å². The zero-order valence-corrected chi connectivity index (χ0v) is 38.4. The fraction of sp³-hybridized carbons (Fsp3) is 0. The molecule has 2 nitrogen and oxygen atoms in total. The van der Waals surface area contributed by atoms with Crippen molar-refractivity contribution in [1.82, 2.24) is 4.57 Å². The number of hydrogen-bond donors (Lipinski definition) is 0. The Morgan fingerprint density at radius 3 is 1.59 bits per heavy atom. The fourth-order valence-electron chi connectivity index (χ4n) is 10.9. The molecule has 322 valence electrons. The van der Waals surface area contributed by atoms with Gasteiger partial charge < -0.3 is 9.47 Å². The molecular formula is C66H42N2S. The number of anilines is 3. The Morgan fingerprint density at radius 2 is 0.855 bits per heavy atom.